The van der Waals surface area contributed by atoms with Crippen molar-refractivity contribution in [2.24, 2.45) is 0 Å². The monoisotopic (exact) mass is 516 g/mol. The number of hydrogen-bond acceptors (Lipinski definition) is 4. The Morgan fingerprint density at radius 1 is 1.00 bits per heavy atom. The molecule has 0 radical (unpaired) electrons. The fraction of sp³-hybridized carbons (Fsp3) is 0.179. The van der Waals surface area contributed by atoms with Crippen LogP contribution >= 0.6 is 15.9 Å². The third-order valence-electron chi connectivity index (χ3n) is 5.49. The summed E-state index contributed by atoms with van der Waals surface area (Å²) in [5.74, 6) is -0.611. The molecule has 1 heterocycles. The van der Waals surface area contributed by atoms with Crippen LogP contribution in [0.5, 0.6) is 0 Å². The number of fused-ring (bicyclic) bond motifs is 1. The predicted molar refractivity (Wildman–Crippen MR) is 139 cm³/mol. The molecule has 1 aromatic heterocycles. The summed E-state index contributed by atoms with van der Waals surface area (Å²) < 4.78 is 6.13. The van der Waals surface area contributed by atoms with Crippen LogP contribution in [0.25, 0.3) is 22.2 Å². The van der Waals surface area contributed by atoms with Gasteiger partial charge in [0.2, 0.25) is 0 Å². The van der Waals surface area contributed by atoms with E-state index < -0.39 is 0 Å². The van der Waals surface area contributed by atoms with Crippen LogP contribution in [0.15, 0.2) is 77.3 Å². The first-order valence-corrected chi connectivity index (χ1v) is 12.0. The number of nitrogens with one attached hydrogen (secondary N) is 1. The summed E-state index contributed by atoms with van der Waals surface area (Å²) >= 11 is 3.54. The van der Waals surface area contributed by atoms with Gasteiger partial charge in [0, 0.05) is 21.1 Å². The second kappa shape index (κ2) is 10.6. The number of hydrogen-bond donors (Lipinski definition) is 1. The molecule has 0 aliphatic rings. The van der Waals surface area contributed by atoms with Crippen molar-refractivity contribution < 1.29 is 14.3 Å². The van der Waals surface area contributed by atoms with Gasteiger partial charge in [-0.2, -0.15) is 0 Å². The number of unbranched alkanes of at least 4 members (excludes halogenated alkanes) is 1. The Hall–Kier alpha value is -3.51. The van der Waals surface area contributed by atoms with Crippen molar-refractivity contribution in [3.63, 3.8) is 0 Å². The molecule has 0 aliphatic heterocycles. The molecule has 1 N–H and O–H groups in total. The molecule has 5 nitrogen and oxygen atoms in total. The van der Waals surface area contributed by atoms with Gasteiger partial charge >= 0.3 is 5.97 Å². The summed E-state index contributed by atoms with van der Waals surface area (Å²) in [7, 11) is 0. The number of aryl methyl sites for hydroxylation is 1. The van der Waals surface area contributed by atoms with Crippen molar-refractivity contribution in [3.05, 3.63) is 94.0 Å². The Bertz CT molecular complexity index is 1340. The number of ether oxygens (including phenoxy) is 1. The minimum absolute atomic E-state index is 0.250. The Kier molecular flexibility index (Phi) is 7.38. The maximum absolute atomic E-state index is 13.4. The maximum atomic E-state index is 13.4. The number of amides is 1. The van der Waals surface area contributed by atoms with E-state index in [1.807, 2.05) is 62.4 Å². The topological polar surface area (TPSA) is 68.3 Å². The summed E-state index contributed by atoms with van der Waals surface area (Å²) in [5.41, 5.74) is 4.99. The van der Waals surface area contributed by atoms with Crippen LogP contribution in [0.1, 0.15) is 46.0 Å². The Balaban J connectivity index is 1.65. The highest BCUT2D eigenvalue weighted by atomic mass is 79.9. The average molecular weight is 517 g/mol. The average Bonchev–Trinajstić information content (AvgIpc) is 2.84. The van der Waals surface area contributed by atoms with Gasteiger partial charge in [-0.1, -0.05) is 59.6 Å². The second-order valence-corrected chi connectivity index (χ2v) is 8.98. The third-order valence-corrected chi connectivity index (χ3v) is 5.95. The van der Waals surface area contributed by atoms with E-state index in [1.165, 1.54) is 0 Å². The van der Waals surface area contributed by atoms with E-state index in [4.69, 9.17) is 9.72 Å². The highest BCUT2D eigenvalue weighted by molar-refractivity contribution is 9.10. The normalized spacial score (nSPS) is 10.8. The molecule has 4 rings (SSSR count). The summed E-state index contributed by atoms with van der Waals surface area (Å²) in [4.78, 5) is 30.4. The fourth-order valence-electron chi connectivity index (χ4n) is 3.68. The molecule has 0 saturated carbocycles. The molecule has 4 aromatic rings. The van der Waals surface area contributed by atoms with Crippen LogP contribution in [-0.2, 0) is 4.74 Å². The number of nitrogens with zero attached hydrogens (tertiary/aromatic N) is 1. The van der Waals surface area contributed by atoms with E-state index in [0.29, 0.717) is 23.4 Å². The highest BCUT2D eigenvalue weighted by Gasteiger charge is 2.17. The Morgan fingerprint density at radius 3 is 2.44 bits per heavy atom. The fourth-order valence-corrected chi connectivity index (χ4v) is 4.25. The van der Waals surface area contributed by atoms with Gasteiger partial charge in [0.15, 0.2) is 0 Å². The Morgan fingerprint density at radius 2 is 1.74 bits per heavy atom. The standard InChI is InChI=1S/C28H25BrN2O3/c1-3-4-14-34-28(33)20-10-12-22(13-11-20)30-27(32)24-17-25(19-8-6-5-7-9-19)31-26-18(2)15-21(29)16-23(24)26/h5-13,15-17H,3-4,14H2,1-2H3,(H,30,32). The van der Waals surface area contributed by atoms with Crippen molar-refractivity contribution >= 4 is 44.4 Å². The first-order valence-electron chi connectivity index (χ1n) is 11.2. The maximum Gasteiger partial charge on any atom is 0.338 e. The van der Waals surface area contributed by atoms with Crippen molar-refractivity contribution in [1.82, 2.24) is 4.98 Å². The van der Waals surface area contributed by atoms with E-state index in [1.54, 1.807) is 24.3 Å². The molecule has 3 aromatic carbocycles. The minimum atomic E-state index is -0.362. The van der Waals surface area contributed by atoms with Gasteiger partial charge in [-0.15, -0.1) is 0 Å². The molecule has 0 unspecified atom stereocenters. The smallest absolute Gasteiger partial charge is 0.338 e. The van der Waals surface area contributed by atoms with Gasteiger partial charge in [0.1, 0.15) is 0 Å². The lowest BCUT2D eigenvalue weighted by molar-refractivity contribution is 0.0499. The van der Waals surface area contributed by atoms with E-state index in [-0.39, 0.29) is 11.9 Å². The SMILES string of the molecule is CCCCOC(=O)c1ccc(NC(=O)c2cc(-c3ccccc3)nc3c(C)cc(Br)cc23)cc1. The predicted octanol–water partition coefficient (Wildman–Crippen LogP) is 7.18. The zero-order valence-corrected chi connectivity index (χ0v) is 20.7. The molecule has 0 bridgehead atoms. The number of halogens is 1. The first kappa shape index (κ1) is 23.6. The number of aromatic nitrogens is 1. The van der Waals surface area contributed by atoms with E-state index in [2.05, 4.69) is 21.2 Å². The van der Waals surface area contributed by atoms with Crippen molar-refractivity contribution in [3.8, 4) is 11.3 Å². The van der Waals surface area contributed by atoms with Gasteiger partial charge in [0.05, 0.1) is 28.9 Å². The van der Waals surface area contributed by atoms with Crippen molar-refractivity contribution in [2.75, 3.05) is 11.9 Å². The number of pyridine rings is 1. The third kappa shape index (κ3) is 5.34. The molecule has 172 valence electrons. The number of carbonyl (C=O) groups excluding carboxylic acids is 2. The number of carbonyl (C=O) groups is 2. The van der Waals surface area contributed by atoms with Gasteiger partial charge in [-0.05, 0) is 61.4 Å². The van der Waals surface area contributed by atoms with Crippen LogP contribution < -0.4 is 5.32 Å². The summed E-state index contributed by atoms with van der Waals surface area (Å²) in [6.07, 6.45) is 1.80. The van der Waals surface area contributed by atoms with E-state index in [9.17, 15) is 9.59 Å². The van der Waals surface area contributed by atoms with Crippen molar-refractivity contribution in [1.29, 1.82) is 0 Å². The van der Waals surface area contributed by atoms with Gasteiger partial charge in [-0.25, -0.2) is 9.78 Å². The first-order chi connectivity index (χ1) is 16.5. The minimum Gasteiger partial charge on any atom is -0.462 e. The lowest BCUT2D eigenvalue weighted by Gasteiger charge is -2.13. The summed E-state index contributed by atoms with van der Waals surface area (Å²) in [6, 6.07) is 22.2. The molecule has 0 saturated heterocycles. The van der Waals surface area contributed by atoms with Crippen LogP contribution in [0.3, 0.4) is 0 Å². The molecular formula is C28H25BrN2O3. The summed E-state index contributed by atoms with van der Waals surface area (Å²) in [6.45, 7) is 4.43. The van der Waals surface area contributed by atoms with Crippen LogP contribution in [0.4, 0.5) is 5.69 Å². The van der Waals surface area contributed by atoms with Gasteiger partial charge in [-0.3, -0.25) is 4.79 Å². The van der Waals surface area contributed by atoms with E-state index >= 15 is 0 Å². The molecule has 6 heteroatoms. The van der Waals surface area contributed by atoms with Gasteiger partial charge in [0.25, 0.3) is 5.91 Å². The molecule has 0 atom stereocenters. The van der Waals surface area contributed by atoms with E-state index in [0.717, 1.165) is 45.0 Å². The zero-order chi connectivity index (χ0) is 24.1. The Labute approximate surface area is 207 Å². The zero-order valence-electron chi connectivity index (χ0n) is 19.1. The van der Waals surface area contributed by atoms with Crippen LogP contribution in [0, 0.1) is 6.92 Å². The van der Waals surface area contributed by atoms with Crippen molar-refractivity contribution in [2.45, 2.75) is 26.7 Å². The van der Waals surface area contributed by atoms with Crippen LogP contribution in [-0.4, -0.2) is 23.5 Å². The number of esters is 1. The molecule has 0 aliphatic carbocycles. The largest absolute Gasteiger partial charge is 0.462 e. The lowest BCUT2D eigenvalue weighted by atomic mass is 10.0. The second-order valence-electron chi connectivity index (χ2n) is 8.06. The number of rotatable bonds is 7. The number of anilines is 1. The lowest BCUT2D eigenvalue weighted by Crippen LogP contribution is -2.14. The summed E-state index contributed by atoms with van der Waals surface area (Å²) in [5, 5.41) is 3.72. The molecule has 0 spiro atoms. The molecule has 0 fully saturated rings. The quantitative estimate of drug-likeness (QED) is 0.208. The molecule has 1 amide bonds. The highest BCUT2D eigenvalue weighted by Crippen LogP contribution is 2.30. The van der Waals surface area contributed by atoms with Crippen LogP contribution in [0.2, 0.25) is 0 Å². The van der Waals surface area contributed by atoms with Gasteiger partial charge < -0.3 is 10.1 Å². The molecule has 34 heavy (non-hydrogen) atoms. The molecular weight excluding hydrogens is 492 g/mol. The number of benzene rings is 3.